The molecule has 0 aromatic heterocycles. The third kappa shape index (κ3) is 3.09. The first kappa shape index (κ1) is 14.1. The first-order valence-corrected chi connectivity index (χ1v) is 7.44. The van der Waals surface area contributed by atoms with Crippen molar-refractivity contribution in [2.75, 3.05) is 13.7 Å². The van der Waals surface area contributed by atoms with E-state index < -0.39 is 0 Å². The maximum Gasteiger partial charge on any atom is 0.119 e. The summed E-state index contributed by atoms with van der Waals surface area (Å²) in [5.41, 5.74) is 10.1. The minimum Gasteiger partial charge on any atom is -0.497 e. The molecule has 2 aromatic rings. The lowest BCUT2D eigenvalue weighted by atomic mass is 9.93. The molecule has 0 radical (unpaired) electrons. The van der Waals surface area contributed by atoms with E-state index in [1.807, 2.05) is 12.1 Å². The van der Waals surface area contributed by atoms with Gasteiger partial charge in [-0.1, -0.05) is 36.4 Å². The van der Waals surface area contributed by atoms with Crippen LogP contribution in [0.25, 0.3) is 0 Å². The monoisotopic (exact) mass is 282 g/mol. The Morgan fingerprint density at radius 1 is 1.14 bits per heavy atom. The Hall–Kier alpha value is -1.84. The van der Waals surface area contributed by atoms with Gasteiger partial charge in [-0.3, -0.25) is 4.90 Å². The van der Waals surface area contributed by atoms with Crippen LogP contribution in [0.2, 0.25) is 0 Å². The summed E-state index contributed by atoms with van der Waals surface area (Å²) in [5, 5.41) is 0. The topological polar surface area (TPSA) is 38.5 Å². The summed E-state index contributed by atoms with van der Waals surface area (Å²) in [4.78, 5) is 2.47. The van der Waals surface area contributed by atoms with Crippen LogP contribution in [-0.4, -0.2) is 24.6 Å². The number of nitrogens with two attached hydrogens (primary N) is 1. The fourth-order valence-corrected chi connectivity index (χ4v) is 3.06. The normalized spacial score (nSPS) is 18.3. The smallest absolute Gasteiger partial charge is 0.119 e. The summed E-state index contributed by atoms with van der Waals surface area (Å²) in [7, 11) is 1.71. The van der Waals surface area contributed by atoms with Gasteiger partial charge in [0.05, 0.1) is 7.11 Å². The second-order valence-electron chi connectivity index (χ2n) is 5.62. The Morgan fingerprint density at radius 2 is 1.95 bits per heavy atom. The molecule has 0 saturated carbocycles. The van der Waals surface area contributed by atoms with Crippen LogP contribution in [0.4, 0.5) is 0 Å². The Bertz CT molecular complexity index is 612. The lowest BCUT2D eigenvalue weighted by Gasteiger charge is -2.36. The van der Waals surface area contributed by atoms with Gasteiger partial charge in [-0.25, -0.2) is 0 Å². The van der Waals surface area contributed by atoms with E-state index in [2.05, 4.69) is 41.3 Å². The van der Waals surface area contributed by atoms with Gasteiger partial charge >= 0.3 is 0 Å². The summed E-state index contributed by atoms with van der Waals surface area (Å²) in [6.07, 6.45) is 1.04. The number of nitrogens with zero attached hydrogens (tertiary/aromatic N) is 1. The molecule has 3 heteroatoms. The van der Waals surface area contributed by atoms with Gasteiger partial charge in [0, 0.05) is 25.7 Å². The average molecular weight is 282 g/mol. The number of hydrogen-bond acceptors (Lipinski definition) is 3. The third-order valence-corrected chi connectivity index (χ3v) is 4.26. The highest BCUT2D eigenvalue weighted by atomic mass is 16.5. The highest BCUT2D eigenvalue weighted by Gasteiger charge is 2.24. The van der Waals surface area contributed by atoms with Gasteiger partial charge in [-0.2, -0.15) is 0 Å². The quantitative estimate of drug-likeness (QED) is 0.936. The summed E-state index contributed by atoms with van der Waals surface area (Å²) in [6, 6.07) is 17.4. The zero-order valence-corrected chi connectivity index (χ0v) is 12.5. The predicted molar refractivity (Wildman–Crippen MR) is 85.2 cm³/mol. The van der Waals surface area contributed by atoms with E-state index >= 15 is 0 Å². The van der Waals surface area contributed by atoms with Crippen LogP contribution < -0.4 is 10.5 Å². The number of methoxy groups -OCH3 is 1. The first-order valence-electron chi connectivity index (χ1n) is 7.44. The Balaban J connectivity index is 1.80. The van der Waals surface area contributed by atoms with E-state index in [0.29, 0.717) is 12.6 Å². The molecule has 0 amide bonds. The molecule has 110 valence electrons. The molecule has 0 fully saturated rings. The summed E-state index contributed by atoms with van der Waals surface area (Å²) >= 11 is 0. The van der Waals surface area contributed by atoms with Gasteiger partial charge in [0.1, 0.15) is 5.75 Å². The van der Waals surface area contributed by atoms with Crippen molar-refractivity contribution < 1.29 is 4.74 Å². The van der Waals surface area contributed by atoms with Crippen molar-refractivity contribution in [1.82, 2.24) is 4.90 Å². The van der Waals surface area contributed by atoms with Crippen LogP contribution in [0.3, 0.4) is 0 Å². The van der Waals surface area contributed by atoms with Gasteiger partial charge in [0.2, 0.25) is 0 Å². The minimum absolute atomic E-state index is 0.408. The van der Waals surface area contributed by atoms with E-state index in [1.165, 1.54) is 16.7 Å². The number of hydrogen-bond donors (Lipinski definition) is 1. The SMILES string of the molecule is COc1cccc(CN2Cc3ccccc3CC2CN)c1. The number of fused-ring (bicyclic) bond motifs is 1. The van der Waals surface area contributed by atoms with E-state index in [1.54, 1.807) is 7.11 Å². The van der Waals surface area contributed by atoms with Crippen LogP contribution in [-0.2, 0) is 19.5 Å². The molecular weight excluding hydrogens is 260 g/mol. The van der Waals surface area contributed by atoms with Crippen molar-refractivity contribution in [2.45, 2.75) is 25.6 Å². The maximum atomic E-state index is 5.99. The molecule has 1 aliphatic rings. The standard InChI is InChI=1S/C18H22N2O/c1-21-18-8-4-5-14(9-18)12-20-13-16-7-3-2-6-15(16)10-17(20)11-19/h2-9,17H,10-13,19H2,1H3. The Kier molecular flexibility index (Phi) is 4.23. The molecule has 0 aliphatic carbocycles. The van der Waals surface area contributed by atoms with Crippen LogP contribution >= 0.6 is 0 Å². The predicted octanol–water partition coefficient (Wildman–Crippen LogP) is 2.58. The van der Waals surface area contributed by atoms with E-state index in [4.69, 9.17) is 10.5 Å². The third-order valence-electron chi connectivity index (χ3n) is 4.26. The second-order valence-corrected chi connectivity index (χ2v) is 5.62. The maximum absolute atomic E-state index is 5.99. The summed E-state index contributed by atoms with van der Waals surface area (Å²) < 4.78 is 5.31. The van der Waals surface area contributed by atoms with Crippen LogP contribution in [0, 0.1) is 0 Å². The van der Waals surface area contributed by atoms with Crippen molar-refractivity contribution in [3.63, 3.8) is 0 Å². The highest BCUT2D eigenvalue weighted by molar-refractivity contribution is 5.32. The van der Waals surface area contributed by atoms with Crippen LogP contribution in [0.5, 0.6) is 5.75 Å². The molecule has 1 atom stereocenters. The second kappa shape index (κ2) is 6.29. The van der Waals surface area contributed by atoms with Gasteiger partial charge < -0.3 is 10.5 Å². The molecule has 1 heterocycles. The molecule has 2 aromatic carbocycles. The summed E-state index contributed by atoms with van der Waals surface area (Å²) in [6.45, 7) is 2.57. The van der Waals surface area contributed by atoms with Gasteiger partial charge in [-0.15, -0.1) is 0 Å². The zero-order valence-electron chi connectivity index (χ0n) is 12.5. The zero-order chi connectivity index (χ0) is 14.7. The number of benzene rings is 2. The highest BCUT2D eigenvalue weighted by Crippen LogP contribution is 2.25. The fourth-order valence-electron chi connectivity index (χ4n) is 3.06. The average Bonchev–Trinajstić information content (AvgIpc) is 2.54. The van der Waals surface area contributed by atoms with Gasteiger partial charge in [-0.05, 0) is 35.2 Å². The molecule has 2 N–H and O–H groups in total. The minimum atomic E-state index is 0.408. The molecule has 3 rings (SSSR count). The van der Waals surface area contributed by atoms with Crippen molar-refractivity contribution >= 4 is 0 Å². The lowest BCUT2D eigenvalue weighted by molar-refractivity contribution is 0.167. The van der Waals surface area contributed by atoms with Gasteiger partial charge in [0.25, 0.3) is 0 Å². The van der Waals surface area contributed by atoms with Crippen LogP contribution in [0.15, 0.2) is 48.5 Å². The van der Waals surface area contributed by atoms with Crippen molar-refractivity contribution in [2.24, 2.45) is 5.73 Å². The lowest BCUT2D eigenvalue weighted by Crippen LogP contribution is -2.44. The van der Waals surface area contributed by atoms with E-state index in [9.17, 15) is 0 Å². The van der Waals surface area contributed by atoms with Gasteiger partial charge in [0.15, 0.2) is 0 Å². The Labute approximate surface area is 126 Å². The van der Waals surface area contributed by atoms with Crippen LogP contribution in [0.1, 0.15) is 16.7 Å². The molecular formula is C18H22N2O. The molecule has 1 aliphatic heterocycles. The first-order chi connectivity index (χ1) is 10.3. The van der Waals surface area contributed by atoms with Crippen molar-refractivity contribution in [3.8, 4) is 5.75 Å². The van der Waals surface area contributed by atoms with E-state index in [0.717, 1.165) is 25.3 Å². The molecule has 1 unspecified atom stereocenters. The van der Waals surface area contributed by atoms with Crippen molar-refractivity contribution in [3.05, 3.63) is 65.2 Å². The molecule has 0 spiro atoms. The number of ether oxygens (including phenoxy) is 1. The van der Waals surface area contributed by atoms with E-state index in [-0.39, 0.29) is 0 Å². The fraction of sp³-hybridized carbons (Fsp3) is 0.333. The largest absolute Gasteiger partial charge is 0.497 e. The molecule has 0 saturated heterocycles. The number of rotatable bonds is 4. The molecule has 0 bridgehead atoms. The summed E-state index contributed by atoms with van der Waals surface area (Å²) in [5.74, 6) is 0.911. The van der Waals surface area contributed by atoms with Crippen molar-refractivity contribution in [1.29, 1.82) is 0 Å². The molecule has 21 heavy (non-hydrogen) atoms. The molecule has 3 nitrogen and oxygen atoms in total. The Morgan fingerprint density at radius 3 is 2.71 bits per heavy atom.